The number of H-pyrrole nitrogens is 1. The van der Waals surface area contributed by atoms with Crippen LogP contribution in [0.25, 0.3) is 11.0 Å². The molecule has 1 aliphatic carbocycles. The number of aliphatic carboxylic acids is 1. The summed E-state index contributed by atoms with van der Waals surface area (Å²) in [5.74, 6) is -0.839. The molecule has 126 valence electrons. The Kier molecular flexibility index (Phi) is 3.51. The van der Waals surface area contributed by atoms with Gasteiger partial charge in [-0.05, 0) is 38.2 Å². The molecule has 0 unspecified atom stereocenters. The first-order valence-corrected chi connectivity index (χ1v) is 8.42. The summed E-state index contributed by atoms with van der Waals surface area (Å²) in [5.41, 5.74) is 1.85. The van der Waals surface area contributed by atoms with Crippen LogP contribution in [0.15, 0.2) is 12.3 Å². The largest absolute Gasteiger partial charge is 0.480 e. The van der Waals surface area contributed by atoms with Gasteiger partial charge in [-0.3, -0.25) is 9.89 Å². The fourth-order valence-electron chi connectivity index (χ4n) is 4.26. The summed E-state index contributed by atoms with van der Waals surface area (Å²) >= 11 is 0. The topological polar surface area (TPSA) is 99.2 Å². The number of carboxylic acids is 1. The van der Waals surface area contributed by atoms with Crippen molar-refractivity contribution in [2.24, 2.45) is 5.92 Å². The van der Waals surface area contributed by atoms with E-state index in [2.05, 4.69) is 15.2 Å². The first-order valence-electron chi connectivity index (χ1n) is 8.42. The third kappa shape index (κ3) is 2.26. The molecule has 2 aliphatic rings. The summed E-state index contributed by atoms with van der Waals surface area (Å²) in [5, 5.41) is 17.3. The molecule has 0 bridgehead atoms. The first-order chi connectivity index (χ1) is 11.6. The van der Waals surface area contributed by atoms with E-state index in [1.807, 2.05) is 6.92 Å². The van der Waals surface area contributed by atoms with Crippen LogP contribution in [-0.4, -0.2) is 49.1 Å². The number of carbonyl (C=O) groups excluding carboxylic acids is 1. The molecule has 7 nitrogen and oxygen atoms in total. The molecule has 7 heteroatoms. The van der Waals surface area contributed by atoms with Crippen molar-refractivity contribution in [1.29, 1.82) is 0 Å². The van der Waals surface area contributed by atoms with Gasteiger partial charge in [-0.15, -0.1) is 0 Å². The van der Waals surface area contributed by atoms with Crippen molar-refractivity contribution in [3.8, 4) is 0 Å². The number of aromatic nitrogens is 3. The van der Waals surface area contributed by atoms with E-state index in [1.54, 1.807) is 11.0 Å². The van der Waals surface area contributed by atoms with Gasteiger partial charge in [0.05, 0.1) is 5.56 Å². The van der Waals surface area contributed by atoms with Crippen LogP contribution in [-0.2, 0) is 4.79 Å². The molecule has 0 radical (unpaired) electrons. The maximum Gasteiger partial charge on any atom is 0.326 e. The van der Waals surface area contributed by atoms with Crippen LogP contribution in [0.5, 0.6) is 0 Å². The summed E-state index contributed by atoms with van der Waals surface area (Å²) in [4.78, 5) is 30.6. The zero-order chi connectivity index (χ0) is 16.8. The molecule has 1 aliphatic heterocycles. The molecule has 24 heavy (non-hydrogen) atoms. The minimum Gasteiger partial charge on any atom is -0.480 e. The minimum atomic E-state index is -0.911. The molecule has 0 spiro atoms. The van der Waals surface area contributed by atoms with Crippen molar-refractivity contribution in [3.63, 3.8) is 0 Å². The van der Waals surface area contributed by atoms with Crippen molar-refractivity contribution in [2.75, 3.05) is 0 Å². The molecule has 4 rings (SSSR count). The van der Waals surface area contributed by atoms with E-state index in [4.69, 9.17) is 0 Å². The number of fused-ring (bicyclic) bond motifs is 2. The Morgan fingerprint density at radius 1 is 1.33 bits per heavy atom. The summed E-state index contributed by atoms with van der Waals surface area (Å²) < 4.78 is 0. The number of rotatable bonds is 2. The van der Waals surface area contributed by atoms with Gasteiger partial charge in [0.15, 0.2) is 5.65 Å². The van der Waals surface area contributed by atoms with E-state index in [1.165, 1.54) is 6.20 Å². The number of hydrogen-bond donors (Lipinski definition) is 2. The molecule has 3 heterocycles. The Labute approximate surface area is 139 Å². The molecule has 1 amide bonds. The molecule has 1 saturated heterocycles. The Balaban J connectivity index is 1.71. The smallest absolute Gasteiger partial charge is 0.326 e. The number of carboxylic acid groups (broad SMARTS) is 1. The van der Waals surface area contributed by atoms with Gasteiger partial charge in [0.25, 0.3) is 5.91 Å². The Morgan fingerprint density at radius 3 is 2.92 bits per heavy atom. The maximum atomic E-state index is 13.1. The molecule has 2 aromatic rings. The van der Waals surface area contributed by atoms with Crippen LogP contribution in [0.4, 0.5) is 0 Å². The molecular formula is C17H20N4O3. The van der Waals surface area contributed by atoms with Gasteiger partial charge >= 0.3 is 5.97 Å². The van der Waals surface area contributed by atoms with Crippen LogP contribution >= 0.6 is 0 Å². The molecule has 2 fully saturated rings. The lowest BCUT2D eigenvalue weighted by molar-refractivity contribution is -0.141. The second kappa shape index (κ2) is 5.58. The van der Waals surface area contributed by atoms with Crippen LogP contribution in [0.2, 0.25) is 0 Å². The van der Waals surface area contributed by atoms with Crippen LogP contribution in [0, 0.1) is 12.8 Å². The number of nitrogens with one attached hydrogen (secondary N) is 1. The van der Waals surface area contributed by atoms with Crippen molar-refractivity contribution in [1.82, 2.24) is 20.1 Å². The van der Waals surface area contributed by atoms with E-state index in [-0.39, 0.29) is 11.9 Å². The van der Waals surface area contributed by atoms with Crippen molar-refractivity contribution in [3.05, 3.63) is 23.5 Å². The van der Waals surface area contributed by atoms with E-state index < -0.39 is 12.0 Å². The number of likely N-dealkylation sites (tertiary alicyclic amines) is 1. The number of hydrogen-bond acceptors (Lipinski definition) is 4. The lowest BCUT2D eigenvalue weighted by Gasteiger charge is -2.33. The highest BCUT2D eigenvalue weighted by Gasteiger charge is 2.47. The van der Waals surface area contributed by atoms with Crippen molar-refractivity contribution >= 4 is 22.9 Å². The molecular weight excluding hydrogens is 308 g/mol. The third-order valence-corrected chi connectivity index (χ3v) is 5.45. The van der Waals surface area contributed by atoms with Gasteiger partial charge in [0.2, 0.25) is 0 Å². The van der Waals surface area contributed by atoms with Gasteiger partial charge in [0.1, 0.15) is 6.04 Å². The summed E-state index contributed by atoms with van der Waals surface area (Å²) in [7, 11) is 0. The van der Waals surface area contributed by atoms with Gasteiger partial charge < -0.3 is 10.0 Å². The molecule has 3 atom stereocenters. The minimum absolute atomic E-state index is 0.0356. The van der Waals surface area contributed by atoms with Crippen LogP contribution in [0.1, 0.15) is 48.2 Å². The molecule has 2 aromatic heterocycles. The average molecular weight is 328 g/mol. The Bertz CT molecular complexity index is 815. The predicted molar refractivity (Wildman–Crippen MR) is 86.6 cm³/mol. The quantitative estimate of drug-likeness (QED) is 0.880. The number of aromatic amines is 1. The SMILES string of the molecule is Cc1[nH]nc2ncc(C(=O)N3[C@H](C(=O)O)C[C@H]4CCCC[C@@H]43)cc12. The third-order valence-electron chi connectivity index (χ3n) is 5.45. The van der Waals surface area contributed by atoms with Gasteiger partial charge in [-0.2, -0.15) is 5.10 Å². The zero-order valence-corrected chi connectivity index (χ0v) is 13.5. The molecule has 2 N–H and O–H groups in total. The first kappa shape index (κ1) is 15.1. The zero-order valence-electron chi connectivity index (χ0n) is 13.5. The highest BCUT2D eigenvalue weighted by atomic mass is 16.4. The lowest BCUT2D eigenvalue weighted by atomic mass is 9.84. The second-order valence-electron chi connectivity index (χ2n) is 6.86. The highest BCUT2D eigenvalue weighted by Crippen LogP contribution is 2.40. The lowest BCUT2D eigenvalue weighted by Crippen LogP contribution is -2.46. The summed E-state index contributed by atoms with van der Waals surface area (Å²) in [6.45, 7) is 1.87. The highest BCUT2D eigenvalue weighted by molar-refractivity contribution is 5.99. The number of nitrogens with zero attached hydrogens (tertiary/aromatic N) is 3. The maximum absolute atomic E-state index is 13.1. The van der Waals surface area contributed by atoms with E-state index >= 15 is 0 Å². The second-order valence-corrected chi connectivity index (χ2v) is 6.86. The van der Waals surface area contributed by atoms with Gasteiger partial charge in [0, 0.05) is 23.3 Å². The summed E-state index contributed by atoms with van der Waals surface area (Å²) in [6, 6.07) is 1.07. The molecule has 0 aromatic carbocycles. The fourth-order valence-corrected chi connectivity index (χ4v) is 4.26. The van der Waals surface area contributed by atoms with Crippen LogP contribution in [0.3, 0.4) is 0 Å². The number of aryl methyl sites for hydroxylation is 1. The monoisotopic (exact) mass is 328 g/mol. The normalized spacial score (nSPS) is 26.5. The van der Waals surface area contributed by atoms with E-state index in [9.17, 15) is 14.7 Å². The van der Waals surface area contributed by atoms with Crippen molar-refractivity contribution < 1.29 is 14.7 Å². The fraction of sp³-hybridized carbons (Fsp3) is 0.529. The van der Waals surface area contributed by atoms with E-state index in [0.717, 1.165) is 36.8 Å². The van der Waals surface area contributed by atoms with Crippen LogP contribution < -0.4 is 0 Å². The molecule has 1 saturated carbocycles. The number of carbonyl (C=O) groups is 2. The average Bonchev–Trinajstić information content (AvgIpc) is 3.15. The number of amides is 1. The Morgan fingerprint density at radius 2 is 2.12 bits per heavy atom. The van der Waals surface area contributed by atoms with Crippen molar-refractivity contribution in [2.45, 2.75) is 51.1 Å². The van der Waals surface area contributed by atoms with Gasteiger partial charge in [-0.1, -0.05) is 12.8 Å². The van der Waals surface area contributed by atoms with Gasteiger partial charge in [-0.25, -0.2) is 9.78 Å². The van der Waals surface area contributed by atoms with E-state index in [0.29, 0.717) is 23.5 Å². The summed E-state index contributed by atoms with van der Waals surface area (Å²) in [6.07, 6.45) is 6.13. The standard InChI is InChI=1S/C17H20N4O3/c1-9-12-6-11(8-18-15(12)20-19-9)16(22)21-13-5-3-2-4-10(13)7-14(21)17(23)24/h6,8,10,13-14H,2-5,7H2,1H3,(H,23,24)(H,18,19,20)/t10-,13+,14+/m1/s1. The Hall–Kier alpha value is -2.44. The number of pyridine rings is 1. The predicted octanol–water partition coefficient (Wildman–Crippen LogP) is 2.12.